The molecule has 12 heteroatoms. The van der Waals surface area contributed by atoms with E-state index < -0.39 is 33.3 Å². The van der Waals surface area contributed by atoms with Gasteiger partial charge in [-0.2, -0.15) is 17.5 Å². The molecule has 0 saturated carbocycles. The van der Waals surface area contributed by atoms with Crippen molar-refractivity contribution in [1.82, 2.24) is 14.3 Å². The number of carbonyl (C=O) groups is 1. The van der Waals surface area contributed by atoms with Crippen molar-refractivity contribution in [2.24, 2.45) is 0 Å². The molecule has 1 aliphatic heterocycles. The molecule has 1 saturated heterocycles. The first-order chi connectivity index (χ1) is 17.5. The van der Waals surface area contributed by atoms with Gasteiger partial charge in [-0.1, -0.05) is 30.3 Å². The first-order valence-electron chi connectivity index (χ1n) is 11.6. The van der Waals surface area contributed by atoms with E-state index in [0.717, 1.165) is 29.8 Å². The van der Waals surface area contributed by atoms with Crippen LogP contribution in [0.15, 0.2) is 71.9 Å². The maximum Gasteiger partial charge on any atom is 0.416 e. The molecule has 0 aliphatic carbocycles. The predicted molar refractivity (Wildman–Crippen MR) is 129 cm³/mol. The van der Waals surface area contributed by atoms with Gasteiger partial charge in [-0.05, 0) is 49.6 Å². The van der Waals surface area contributed by atoms with Gasteiger partial charge in [0.05, 0.1) is 28.2 Å². The fourth-order valence-electron chi connectivity index (χ4n) is 4.24. The molecular formula is C25H25F3N4O4S. The summed E-state index contributed by atoms with van der Waals surface area (Å²) in [6.45, 7) is 2.16. The molecule has 1 aromatic heterocycles. The lowest BCUT2D eigenvalue weighted by Gasteiger charge is -2.42. The van der Waals surface area contributed by atoms with Crippen LogP contribution in [0.2, 0.25) is 0 Å². The number of rotatable bonds is 7. The summed E-state index contributed by atoms with van der Waals surface area (Å²) < 4.78 is 71.2. The van der Waals surface area contributed by atoms with E-state index in [1.54, 1.807) is 6.92 Å². The SMILES string of the molecule is CCOC(=O)c1cnc(NC2(c3ccccc3)CCN(S(=O)(=O)c3ccc(C(F)(F)F)cc3)CC2)nc1. The Kier molecular flexibility index (Phi) is 7.51. The van der Waals surface area contributed by atoms with Crippen molar-refractivity contribution in [1.29, 1.82) is 0 Å². The molecule has 196 valence electrons. The fourth-order valence-corrected chi connectivity index (χ4v) is 5.68. The van der Waals surface area contributed by atoms with Gasteiger partial charge in [0.2, 0.25) is 16.0 Å². The van der Waals surface area contributed by atoms with Gasteiger partial charge in [-0.15, -0.1) is 0 Å². The Morgan fingerprint density at radius 2 is 1.62 bits per heavy atom. The standard InChI is InChI=1S/C25H25F3N4O4S/c1-2-36-22(33)18-16-29-23(30-17-18)31-24(19-6-4-3-5-7-19)12-14-32(15-13-24)37(34,35)21-10-8-20(9-11-21)25(26,27)28/h3-11,16-17H,2,12-15H2,1H3,(H,29,30,31). The molecule has 1 aliphatic rings. The lowest BCUT2D eigenvalue weighted by Crippen LogP contribution is -2.49. The molecule has 2 aromatic carbocycles. The first kappa shape index (κ1) is 26.6. The summed E-state index contributed by atoms with van der Waals surface area (Å²) in [4.78, 5) is 20.2. The van der Waals surface area contributed by atoms with Crippen LogP contribution >= 0.6 is 0 Å². The normalized spacial score (nSPS) is 16.2. The number of piperidine rings is 1. The largest absolute Gasteiger partial charge is 0.462 e. The molecule has 0 atom stereocenters. The van der Waals surface area contributed by atoms with Crippen molar-refractivity contribution in [3.8, 4) is 0 Å². The van der Waals surface area contributed by atoms with Crippen molar-refractivity contribution in [2.45, 2.75) is 36.4 Å². The molecular weight excluding hydrogens is 509 g/mol. The number of alkyl halides is 3. The Morgan fingerprint density at radius 3 is 2.16 bits per heavy atom. The third-order valence-corrected chi connectivity index (χ3v) is 8.15. The highest BCUT2D eigenvalue weighted by Crippen LogP contribution is 2.38. The number of nitrogens with zero attached hydrogens (tertiary/aromatic N) is 3. The lowest BCUT2D eigenvalue weighted by atomic mass is 9.81. The van der Waals surface area contributed by atoms with E-state index >= 15 is 0 Å². The smallest absolute Gasteiger partial charge is 0.416 e. The van der Waals surface area contributed by atoms with Gasteiger partial charge >= 0.3 is 12.1 Å². The molecule has 0 spiro atoms. The minimum absolute atomic E-state index is 0.117. The molecule has 0 bridgehead atoms. The molecule has 3 aromatic rings. The number of halogens is 3. The Balaban J connectivity index is 1.55. The van der Waals surface area contributed by atoms with Crippen molar-refractivity contribution in [3.05, 3.63) is 83.7 Å². The number of aromatic nitrogens is 2. The second-order valence-electron chi connectivity index (χ2n) is 8.52. The van der Waals surface area contributed by atoms with Crippen LogP contribution in [0.5, 0.6) is 0 Å². The van der Waals surface area contributed by atoms with Gasteiger partial charge in [-0.25, -0.2) is 23.2 Å². The maximum atomic E-state index is 13.2. The summed E-state index contributed by atoms with van der Waals surface area (Å²) in [5.74, 6) is -0.274. The first-order valence-corrected chi connectivity index (χ1v) is 13.0. The van der Waals surface area contributed by atoms with Crippen LogP contribution in [-0.2, 0) is 26.5 Å². The number of hydrogen-bond acceptors (Lipinski definition) is 7. The molecule has 4 rings (SSSR count). The third-order valence-electron chi connectivity index (χ3n) is 6.24. The third kappa shape index (κ3) is 5.75. The lowest BCUT2D eigenvalue weighted by molar-refractivity contribution is -0.137. The maximum absolute atomic E-state index is 13.2. The molecule has 37 heavy (non-hydrogen) atoms. The van der Waals surface area contributed by atoms with E-state index in [1.807, 2.05) is 30.3 Å². The number of sulfonamides is 1. The zero-order valence-corrected chi connectivity index (χ0v) is 20.7. The van der Waals surface area contributed by atoms with Crippen LogP contribution in [-0.4, -0.2) is 48.4 Å². The van der Waals surface area contributed by atoms with E-state index in [9.17, 15) is 26.4 Å². The summed E-state index contributed by atoms with van der Waals surface area (Å²) in [5, 5.41) is 3.32. The van der Waals surface area contributed by atoms with Crippen LogP contribution in [0.1, 0.15) is 41.3 Å². The number of benzene rings is 2. The van der Waals surface area contributed by atoms with Gasteiger partial charge < -0.3 is 10.1 Å². The van der Waals surface area contributed by atoms with E-state index in [1.165, 1.54) is 16.7 Å². The summed E-state index contributed by atoms with van der Waals surface area (Å²) in [5.41, 5.74) is -0.511. The fraction of sp³-hybridized carbons (Fsp3) is 0.320. The van der Waals surface area contributed by atoms with E-state index in [0.29, 0.717) is 12.8 Å². The monoisotopic (exact) mass is 534 g/mol. The number of ether oxygens (including phenoxy) is 1. The highest BCUT2D eigenvalue weighted by molar-refractivity contribution is 7.89. The summed E-state index contributed by atoms with van der Waals surface area (Å²) in [6, 6.07) is 12.9. The van der Waals surface area contributed by atoms with Gasteiger partial charge in [-0.3, -0.25) is 0 Å². The molecule has 1 fully saturated rings. The Morgan fingerprint density at radius 1 is 1.03 bits per heavy atom. The quantitative estimate of drug-likeness (QED) is 0.447. The highest BCUT2D eigenvalue weighted by atomic mass is 32.2. The van der Waals surface area contributed by atoms with Crippen LogP contribution in [0.4, 0.5) is 19.1 Å². The summed E-state index contributed by atoms with van der Waals surface area (Å²) in [7, 11) is -3.99. The predicted octanol–water partition coefficient (Wildman–Crippen LogP) is 4.46. The molecule has 2 heterocycles. The summed E-state index contributed by atoms with van der Waals surface area (Å²) in [6.07, 6.45) is -1.14. The minimum Gasteiger partial charge on any atom is -0.462 e. The highest BCUT2D eigenvalue weighted by Gasteiger charge is 2.40. The van der Waals surface area contributed by atoms with Gasteiger partial charge in [0, 0.05) is 25.5 Å². The average molecular weight is 535 g/mol. The molecule has 0 radical (unpaired) electrons. The van der Waals surface area contributed by atoms with Gasteiger partial charge in [0.15, 0.2) is 0 Å². The zero-order chi connectivity index (χ0) is 26.7. The summed E-state index contributed by atoms with van der Waals surface area (Å²) >= 11 is 0. The van der Waals surface area contributed by atoms with Crippen LogP contribution in [0.25, 0.3) is 0 Å². The number of esters is 1. The number of anilines is 1. The number of nitrogens with one attached hydrogen (secondary N) is 1. The van der Waals surface area contributed by atoms with E-state index in [4.69, 9.17) is 4.74 Å². The van der Waals surface area contributed by atoms with Gasteiger partial charge in [0.25, 0.3) is 0 Å². The Bertz CT molecular complexity index is 1330. The van der Waals surface area contributed by atoms with Crippen molar-refractivity contribution in [2.75, 3.05) is 25.0 Å². The van der Waals surface area contributed by atoms with Crippen molar-refractivity contribution >= 4 is 21.9 Å². The van der Waals surface area contributed by atoms with Crippen LogP contribution in [0, 0.1) is 0 Å². The Labute approximate surface area is 212 Å². The average Bonchev–Trinajstić information content (AvgIpc) is 2.89. The van der Waals surface area contributed by atoms with Crippen molar-refractivity contribution in [3.63, 3.8) is 0 Å². The number of carbonyl (C=O) groups excluding carboxylic acids is 1. The van der Waals surface area contributed by atoms with Crippen LogP contribution < -0.4 is 5.32 Å². The van der Waals surface area contributed by atoms with Crippen molar-refractivity contribution < 1.29 is 31.1 Å². The molecule has 0 amide bonds. The second kappa shape index (κ2) is 10.5. The second-order valence-corrected chi connectivity index (χ2v) is 10.5. The zero-order valence-electron chi connectivity index (χ0n) is 19.9. The number of hydrogen-bond donors (Lipinski definition) is 1. The van der Waals surface area contributed by atoms with Gasteiger partial charge in [0.1, 0.15) is 0 Å². The molecule has 1 N–H and O–H groups in total. The van der Waals surface area contributed by atoms with Crippen LogP contribution in [0.3, 0.4) is 0 Å². The Hall–Kier alpha value is -3.51. The topological polar surface area (TPSA) is 101 Å². The molecule has 8 nitrogen and oxygen atoms in total. The molecule has 0 unspecified atom stereocenters. The minimum atomic E-state index is -4.55. The van der Waals surface area contributed by atoms with E-state index in [-0.39, 0.29) is 36.1 Å². The van der Waals surface area contributed by atoms with E-state index in [2.05, 4.69) is 15.3 Å².